The quantitative estimate of drug-likeness (QED) is 0.721. The number of aliphatic imine (C=N–C) groups is 1. The van der Waals surface area contributed by atoms with Gasteiger partial charge in [-0.25, -0.2) is 9.79 Å². The maximum absolute atomic E-state index is 12.8. The van der Waals surface area contributed by atoms with Crippen molar-refractivity contribution >= 4 is 40.4 Å². The molecule has 3 rings (SSSR count). The molecule has 1 aromatic carbocycles. The first kappa shape index (κ1) is 19.0. The van der Waals surface area contributed by atoms with Crippen LogP contribution in [0.25, 0.3) is 0 Å². The van der Waals surface area contributed by atoms with E-state index in [9.17, 15) is 9.59 Å². The molecule has 0 N–H and O–H groups in total. The van der Waals surface area contributed by atoms with Crippen LogP contribution in [0.1, 0.15) is 39.3 Å². The van der Waals surface area contributed by atoms with E-state index in [1.807, 2.05) is 32.9 Å². The molecule has 7 heteroatoms. The summed E-state index contributed by atoms with van der Waals surface area (Å²) in [6, 6.07) is 6.63. The smallest absolute Gasteiger partial charge is 0.338 e. The number of rotatable bonds is 4. The molecule has 2 atom stereocenters. The summed E-state index contributed by atoms with van der Waals surface area (Å²) in [6.45, 7) is 7.90. The molecule has 0 saturated carbocycles. The molecule has 138 valence electrons. The number of nitrogens with zero attached hydrogens (tertiary/aromatic N) is 2. The highest BCUT2D eigenvalue weighted by Crippen LogP contribution is 2.43. The fraction of sp³-hybridized carbons (Fsp3) is 0.421. The van der Waals surface area contributed by atoms with Gasteiger partial charge in [0.15, 0.2) is 5.17 Å². The Labute approximate surface area is 162 Å². The molecular weight excluding hydrogens is 372 g/mol. The molecule has 1 aromatic rings. The van der Waals surface area contributed by atoms with E-state index in [1.165, 1.54) is 11.8 Å². The molecule has 0 radical (unpaired) electrons. The summed E-state index contributed by atoms with van der Waals surface area (Å²) in [6.07, 6.45) is 0. The number of hydrogen-bond acceptors (Lipinski definition) is 5. The Morgan fingerprint density at radius 2 is 2.00 bits per heavy atom. The van der Waals surface area contributed by atoms with Crippen LogP contribution in [0.3, 0.4) is 0 Å². The number of hydrogen-bond donors (Lipinski definition) is 0. The molecule has 1 saturated heterocycles. The Balaban J connectivity index is 2.06. The highest BCUT2D eigenvalue weighted by molar-refractivity contribution is 8.15. The standard InChI is InChI=1S/C19H21ClN2O3S/c1-10(2)9-25-18(24)15-11(3)21-19-22(17(23)12(4)26-19)16(15)13-5-7-14(20)8-6-13/h5-8,10,12,16H,9H2,1-4H3/t12-,16+/m0/s1. The van der Waals surface area contributed by atoms with Gasteiger partial charge < -0.3 is 4.74 Å². The van der Waals surface area contributed by atoms with Crippen LogP contribution in [0, 0.1) is 5.92 Å². The highest BCUT2D eigenvalue weighted by Gasteiger charge is 2.46. The van der Waals surface area contributed by atoms with Crippen molar-refractivity contribution in [1.29, 1.82) is 0 Å². The lowest BCUT2D eigenvalue weighted by Gasteiger charge is -2.33. The van der Waals surface area contributed by atoms with E-state index in [2.05, 4.69) is 4.99 Å². The SMILES string of the molecule is CC1=C(C(=O)OCC(C)C)[C@@H](c2ccc(Cl)cc2)N2C(=O)[C@H](C)SC2=N1. The zero-order chi connectivity index (χ0) is 19.0. The van der Waals surface area contributed by atoms with Gasteiger partial charge in [0.2, 0.25) is 5.91 Å². The predicted octanol–water partition coefficient (Wildman–Crippen LogP) is 4.19. The third-order valence-electron chi connectivity index (χ3n) is 4.21. The van der Waals surface area contributed by atoms with Crippen LogP contribution in [0.2, 0.25) is 5.02 Å². The van der Waals surface area contributed by atoms with Gasteiger partial charge in [-0.3, -0.25) is 9.69 Å². The van der Waals surface area contributed by atoms with Gasteiger partial charge in [0, 0.05) is 5.02 Å². The monoisotopic (exact) mass is 392 g/mol. The molecule has 2 aliphatic rings. The number of esters is 1. The van der Waals surface area contributed by atoms with Gasteiger partial charge in [-0.1, -0.05) is 49.3 Å². The van der Waals surface area contributed by atoms with Crippen LogP contribution in [0.15, 0.2) is 40.5 Å². The van der Waals surface area contributed by atoms with Gasteiger partial charge in [0.05, 0.1) is 29.2 Å². The summed E-state index contributed by atoms with van der Waals surface area (Å²) in [4.78, 5) is 31.7. The average molecular weight is 393 g/mol. The fourth-order valence-electron chi connectivity index (χ4n) is 2.94. The van der Waals surface area contributed by atoms with Gasteiger partial charge >= 0.3 is 5.97 Å². The predicted molar refractivity (Wildman–Crippen MR) is 104 cm³/mol. The number of carbonyl (C=O) groups excluding carboxylic acids is 2. The van der Waals surface area contributed by atoms with E-state index in [1.54, 1.807) is 24.0 Å². The van der Waals surface area contributed by atoms with Crippen LogP contribution in [-0.4, -0.2) is 33.8 Å². The van der Waals surface area contributed by atoms with Crippen molar-refractivity contribution in [3.8, 4) is 0 Å². The maximum atomic E-state index is 12.8. The summed E-state index contributed by atoms with van der Waals surface area (Å²) in [5, 5.41) is 0.987. The van der Waals surface area contributed by atoms with Crippen molar-refractivity contribution in [2.24, 2.45) is 10.9 Å². The second kappa shape index (κ2) is 7.45. The van der Waals surface area contributed by atoms with Crippen LogP contribution < -0.4 is 0 Å². The molecule has 0 spiro atoms. The third-order valence-corrected chi connectivity index (χ3v) is 5.52. The number of halogens is 1. The molecule has 0 bridgehead atoms. The molecule has 2 heterocycles. The minimum Gasteiger partial charge on any atom is -0.462 e. The van der Waals surface area contributed by atoms with Crippen LogP contribution in [0.4, 0.5) is 0 Å². The minimum absolute atomic E-state index is 0.0599. The van der Waals surface area contributed by atoms with Crippen LogP contribution in [0.5, 0.6) is 0 Å². The summed E-state index contributed by atoms with van der Waals surface area (Å²) in [7, 11) is 0. The lowest BCUT2D eigenvalue weighted by molar-refractivity contribution is -0.141. The normalized spacial score (nSPS) is 22.6. The number of benzene rings is 1. The van der Waals surface area contributed by atoms with Crippen molar-refractivity contribution in [1.82, 2.24) is 4.90 Å². The topological polar surface area (TPSA) is 59.0 Å². The Morgan fingerprint density at radius 1 is 1.35 bits per heavy atom. The van der Waals surface area contributed by atoms with Crippen LogP contribution in [-0.2, 0) is 14.3 Å². The van der Waals surface area contributed by atoms with Gasteiger partial charge in [0.25, 0.3) is 0 Å². The number of amidine groups is 1. The molecule has 0 aromatic heterocycles. The number of allylic oxidation sites excluding steroid dienone is 1. The first-order valence-corrected chi connectivity index (χ1v) is 9.77. The average Bonchev–Trinajstić information content (AvgIpc) is 2.86. The molecule has 5 nitrogen and oxygen atoms in total. The first-order chi connectivity index (χ1) is 12.3. The molecule has 0 unspecified atom stereocenters. The summed E-state index contributed by atoms with van der Waals surface area (Å²) >= 11 is 7.42. The molecule has 0 aliphatic carbocycles. The molecule has 2 aliphatic heterocycles. The summed E-state index contributed by atoms with van der Waals surface area (Å²) in [5.41, 5.74) is 1.79. The number of fused-ring (bicyclic) bond motifs is 1. The minimum atomic E-state index is -0.552. The number of ether oxygens (including phenoxy) is 1. The lowest BCUT2D eigenvalue weighted by atomic mass is 9.94. The second-order valence-corrected chi connectivity index (χ2v) is 8.55. The van der Waals surface area contributed by atoms with Crippen molar-refractivity contribution in [2.75, 3.05) is 6.61 Å². The lowest BCUT2D eigenvalue weighted by Crippen LogP contribution is -2.40. The van der Waals surface area contributed by atoms with Gasteiger partial charge in [-0.2, -0.15) is 0 Å². The Kier molecular flexibility index (Phi) is 5.44. The van der Waals surface area contributed by atoms with Crippen molar-refractivity contribution < 1.29 is 14.3 Å². The Hall–Kier alpha value is -1.79. The van der Waals surface area contributed by atoms with Gasteiger partial charge in [-0.05, 0) is 37.5 Å². The second-order valence-electron chi connectivity index (χ2n) is 6.81. The number of carbonyl (C=O) groups is 2. The largest absolute Gasteiger partial charge is 0.462 e. The fourth-order valence-corrected chi connectivity index (χ4v) is 4.10. The third kappa shape index (κ3) is 3.53. The Morgan fingerprint density at radius 3 is 2.62 bits per heavy atom. The summed E-state index contributed by atoms with van der Waals surface area (Å²) in [5.74, 6) is -0.271. The first-order valence-electron chi connectivity index (χ1n) is 8.51. The van der Waals surface area contributed by atoms with Crippen molar-refractivity contribution in [3.05, 3.63) is 46.1 Å². The van der Waals surface area contributed by atoms with E-state index in [0.29, 0.717) is 28.1 Å². The molecule has 1 fully saturated rings. The zero-order valence-corrected chi connectivity index (χ0v) is 16.7. The Bertz CT molecular complexity index is 802. The summed E-state index contributed by atoms with van der Waals surface area (Å²) < 4.78 is 5.46. The molecule has 26 heavy (non-hydrogen) atoms. The molecular formula is C19H21ClN2O3S. The maximum Gasteiger partial charge on any atom is 0.338 e. The van der Waals surface area contributed by atoms with E-state index >= 15 is 0 Å². The van der Waals surface area contributed by atoms with E-state index in [0.717, 1.165) is 5.56 Å². The van der Waals surface area contributed by atoms with E-state index in [4.69, 9.17) is 16.3 Å². The van der Waals surface area contributed by atoms with Crippen LogP contribution >= 0.6 is 23.4 Å². The zero-order valence-electron chi connectivity index (χ0n) is 15.2. The highest BCUT2D eigenvalue weighted by atomic mass is 35.5. The van der Waals surface area contributed by atoms with E-state index in [-0.39, 0.29) is 17.1 Å². The van der Waals surface area contributed by atoms with Crippen molar-refractivity contribution in [2.45, 2.75) is 39.0 Å². The number of amides is 1. The number of thioether (sulfide) groups is 1. The molecule has 1 amide bonds. The van der Waals surface area contributed by atoms with Gasteiger partial charge in [-0.15, -0.1) is 0 Å². The van der Waals surface area contributed by atoms with Crippen molar-refractivity contribution in [3.63, 3.8) is 0 Å². The van der Waals surface area contributed by atoms with E-state index < -0.39 is 12.0 Å². The van der Waals surface area contributed by atoms with Gasteiger partial charge in [0.1, 0.15) is 0 Å².